The molecule has 1 unspecified atom stereocenters. The number of primary amides is 1. The molecule has 2 rings (SSSR count). The number of carbonyl (C=O) groups is 1. The van der Waals surface area contributed by atoms with Crippen molar-refractivity contribution < 1.29 is 9.53 Å². The maximum atomic E-state index is 11.3. The van der Waals surface area contributed by atoms with Gasteiger partial charge in [0.1, 0.15) is 0 Å². The molecule has 0 bridgehead atoms. The second kappa shape index (κ2) is 4.98. The summed E-state index contributed by atoms with van der Waals surface area (Å²) >= 11 is 0. The van der Waals surface area contributed by atoms with Gasteiger partial charge in [-0.2, -0.15) is 0 Å². The minimum atomic E-state index is -0.399. The van der Waals surface area contributed by atoms with Crippen molar-refractivity contribution in [2.75, 3.05) is 11.9 Å². The quantitative estimate of drug-likeness (QED) is 0.861. The molecule has 1 aromatic rings. The Bertz CT molecular complexity index is 443. The molecule has 0 aromatic heterocycles. The van der Waals surface area contributed by atoms with Gasteiger partial charge in [-0.15, -0.1) is 0 Å². The number of hydrogen-bond acceptors (Lipinski definition) is 3. The van der Waals surface area contributed by atoms with Crippen LogP contribution in [-0.2, 0) is 4.74 Å². The van der Waals surface area contributed by atoms with E-state index in [1.165, 1.54) is 0 Å². The molecule has 1 amide bonds. The first-order chi connectivity index (χ1) is 8.48. The SMILES string of the molecule is CC1(C)CC(Nc2ccccc2C(N)=O)CCO1. The van der Waals surface area contributed by atoms with E-state index in [1.807, 2.05) is 18.2 Å². The fraction of sp³-hybridized carbons (Fsp3) is 0.500. The number of anilines is 1. The van der Waals surface area contributed by atoms with Crippen LogP contribution in [0, 0.1) is 0 Å². The van der Waals surface area contributed by atoms with Crippen LogP contribution in [0.2, 0.25) is 0 Å². The molecule has 4 nitrogen and oxygen atoms in total. The van der Waals surface area contributed by atoms with Gasteiger partial charge in [-0.25, -0.2) is 0 Å². The van der Waals surface area contributed by atoms with E-state index in [1.54, 1.807) is 6.07 Å². The topological polar surface area (TPSA) is 64.3 Å². The summed E-state index contributed by atoms with van der Waals surface area (Å²) in [5.41, 5.74) is 6.61. The zero-order valence-electron chi connectivity index (χ0n) is 10.9. The number of nitrogens with two attached hydrogens (primary N) is 1. The summed E-state index contributed by atoms with van der Waals surface area (Å²) in [4.78, 5) is 11.3. The highest BCUT2D eigenvalue weighted by Gasteiger charge is 2.29. The van der Waals surface area contributed by atoms with E-state index in [0.29, 0.717) is 11.6 Å². The molecule has 0 spiro atoms. The van der Waals surface area contributed by atoms with Crippen LogP contribution in [0.1, 0.15) is 37.0 Å². The molecular formula is C14H20N2O2. The third kappa shape index (κ3) is 3.01. The van der Waals surface area contributed by atoms with E-state index in [9.17, 15) is 4.79 Å². The first-order valence-corrected chi connectivity index (χ1v) is 6.27. The third-order valence-corrected chi connectivity index (χ3v) is 3.25. The summed E-state index contributed by atoms with van der Waals surface area (Å²) < 4.78 is 5.68. The number of nitrogens with one attached hydrogen (secondary N) is 1. The first-order valence-electron chi connectivity index (χ1n) is 6.27. The van der Waals surface area contributed by atoms with Crippen molar-refractivity contribution in [3.8, 4) is 0 Å². The normalized spacial score (nSPS) is 22.4. The van der Waals surface area contributed by atoms with Gasteiger partial charge < -0.3 is 15.8 Å². The molecule has 4 heteroatoms. The van der Waals surface area contributed by atoms with Gasteiger partial charge in [0.15, 0.2) is 0 Å². The van der Waals surface area contributed by atoms with E-state index in [4.69, 9.17) is 10.5 Å². The Balaban J connectivity index is 2.12. The molecule has 3 N–H and O–H groups in total. The van der Waals surface area contributed by atoms with E-state index >= 15 is 0 Å². The number of ether oxygens (including phenoxy) is 1. The van der Waals surface area contributed by atoms with Crippen LogP contribution < -0.4 is 11.1 Å². The third-order valence-electron chi connectivity index (χ3n) is 3.25. The van der Waals surface area contributed by atoms with Gasteiger partial charge in [0, 0.05) is 18.3 Å². The van der Waals surface area contributed by atoms with Crippen LogP contribution in [0.4, 0.5) is 5.69 Å². The van der Waals surface area contributed by atoms with E-state index in [0.717, 1.165) is 25.1 Å². The van der Waals surface area contributed by atoms with Gasteiger partial charge >= 0.3 is 0 Å². The maximum absolute atomic E-state index is 11.3. The van der Waals surface area contributed by atoms with E-state index in [-0.39, 0.29) is 5.60 Å². The molecule has 98 valence electrons. The second-order valence-corrected chi connectivity index (χ2v) is 5.35. The number of hydrogen-bond donors (Lipinski definition) is 2. The Hall–Kier alpha value is -1.55. The molecule has 18 heavy (non-hydrogen) atoms. The minimum absolute atomic E-state index is 0.114. The lowest BCUT2D eigenvalue weighted by molar-refractivity contribution is -0.0553. The fourth-order valence-electron chi connectivity index (χ4n) is 2.40. The predicted octanol–water partition coefficient (Wildman–Crippen LogP) is 2.16. The molecule has 1 saturated heterocycles. The summed E-state index contributed by atoms with van der Waals surface area (Å²) in [7, 11) is 0. The van der Waals surface area contributed by atoms with Crippen LogP contribution in [-0.4, -0.2) is 24.2 Å². The highest BCUT2D eigenvalue weighted by Crippen LogP contribution is 2.27. The lowest BCUT2D eigenvalue weighted by Crippen LogP contribution is -2.40. The number of rotatable bonds is 3. The Morgan fingerprint density at radius 1 is 1.44 bits per heavy atom. The van der Waals surface area contributed by atoms with Crippen molar-refractivity contribution in [1.82, 2.24) is 0 Å². The van der Waals surface area contributed by atoms with Gasteiger partial charge in [-0.3, -0.25) is 4.79 Å². The van der Waals surface area contributed by atoms with Crippen LogP contribution in [0.3, 0.4) is 0 Å². The molecule has 0 radical (unpaired) electrons. The van der Waals surface area contributed by atoms with Crippen LogP contribution in [0.5, 0.6) is 0 Å². The average molecular weight is 248 g/mol. The van der Waals surface area contributed by atoms with Gasteiger partial charge in [-0.05, 0) is 38.8 Å². The molecule has 1 aromatic carbocycles. The van der Waals surface area contributed by atoms with Crippen LogP contribution >= 0.6 is 0 Å². The fourth-order valence-corrected chi connectivity index (χ4v) is 2.40. The van der Waals surface area contributed by atoms with E-state index < -0.39 is 5.91 Å². The number of amides is 1. The van der Waals surface area contributed by atoms with Crippen molar-refractivity contribution in [2.24, 2.45) is 5.73 Å². The van der Waals surface area contributed by atoms with Crippen molar-refractivity contribution in [1.29, 1.82) is 0 Å². The summed E-state index contributed by atoms with van der Waals surface area (Å²) in [6.07, 6.45) is 1.86. The van der Waals surface area contributed by atoms with Crippen LogP contribution in [0.25, 0.3) is 0 Å². The lowest BCUT2D eigenvalue weighted by Gasteiger charge is -2.36. The smallest absolute Gasteiger partial charge is 0.250 e. The standard InChI is InChI=1S/C14H20N2O2/c1-14(2)9-10(7-8-18-14)16-12-6-4-3-5-11(12)13(15)17/h3-6,10,16H,7-9H2,1-2H3,(H2,15,17). The Morgan fingerprint density at radius 3 is 2.83 bits per heavy atom. The Kier molecular flexibility index (Phi) is 3.57. The van der Waals surface area contributed by atoms with Gasteiger partial charge in [0.05, 0.1) is 11.2 Å². The molecule has 1 aliphatic rings. The van der Waals surface area contributed by atoms with Gasteiger partial charge in [0.25, 0.3) is 5.91 Å². The van der Waals surface area contributed by atoms with Crippen LogP contribution in [0.15, 0.2) is 24.3 Å². The molecule has 0 saturated carbocycles. The van der Waals surface area contributed by atoms with Gasteiger partial charge in [-0.1, -0.05) is 12.1 Å². The summed E-state index contributed by atoms with van der Waals surface area (Å²) in [6.45, 7) is 4.91. The minimum Gasteiger partial charge on any atom is -0.381 e. The van der Waals surface area contributed by atoms with Crippen molar-refractivity contribution in [3.63, 3.8) is 0 Å². The van der Waals surface area contributed by atoms with Crippen molar-refractivity contribution in [3.05, 3.63) is 29.8 Å². The first kappa shape index (κ1) is 12.9. The predicted molar refractivity (Wildman–Crippen MR) is 71.6 cm³/mol. The highest BCUT2D eigenvalue weighted by atomic mass is 16.5. The summed E-state index contributed by atoms with van der Waals surface area (Å²) in [5, 5.41) is 3.41. The molecule has 1 fully saturated rings. The number of para-hydroxylation sites is 1. The second-order valence-electron chi connectivity index (χ2n) is 5.35. The Labute approximate surface area is 108 Å². The number of carbonyl (C=O) groups excluding carboxylic acids is 1. The Morgan fingerprint density at radius 2 is 2.17 bits per heavy atom. The monoisotopic (exact) mass is 248 g/mol. The molecular weight excluding hydrogens is 228 g/mol. The van der Waals surface area contributed by atoms with Crippen molar-refractivity contribution in [2.45, 2.75) is 38.3 Å². The zero-order valence-corrected chi connectivity index (χ0v) is 10.9. The molecule has 1 heterocycles. The highest BCUT2D eigenvalue weighted by molar-refractivity contribution is 5.98. The molecule has 1 aliphatic heterocycles. The van der Waals surface area contributed by atoms with E-state index in [2.05, 4.69) is 19.2 Å². The number of benzene rings is 1. The lowest BCUT2D eigenvalue weighted by atomic mass is 9.93. The molecule has 0 aliphatic carbocycles. The largest absolute Gasteiger partial charge is 0.381 e. The summed E-state index contributed by atoms with van der Waals surface area (Å²) in [5.74, 6) is -0.399. The van der Waals surface area contributed by atoms with Crippen molar-refractivity contribution >= 4 is 11.6 Å². The van der Waals surface area contributed by atoms with Gasteiger partial charge in [0.2, 0.25) is 0 Å². The summed E-state index contributed by atoms with van der Waals surface area (Å²) in [6, 6.07) is 7.67. The molecule has 1 atom stereocenters. The maximum Gasteiger partial charge on any atom is 0.250 e. The average Bonchev–Trinajstić information content (AvgIpc) is 2.28. The zero-order chi connectivity index (χ0) is 13.2.